The number of fused-ring (bicyclic) bond motifs is 4. The molecule has 4 aliphatic carbocycles. The van der Waals surface area contributed by atoms with Crippen LogP contribution < -0.4 is 26.3 Å². The summed E-state index contributed by atoms with van der Waals surface area (Å²) in [5, 5.41) is 13.9. The van der Waals surface area contributed by atoms with Crippen LogP contribution in [0, 0.1) is 57.7 Å². The standard InChI is InChI=1S/C30H53N3O6.C24H30O6/c1-19(2)22(14-21-10-11-26(38-8)27(15-21)39-13-9-12-37-7)16-24(31)25(34)17-23(20(3)4)28(35)33-18-30(5,6)29(32)36;1-21-7-4-14(25)10-13(21)11-15(20(27)28-3)19-16-5-8-23(9-6-18(26)30-23)22(16,2)12-17-24(19,21)29-17/h10-11,15,19-20,22-25,34H,9,12-14,16-18,31H2,1-8H3,(H2,32,36)(H,33,35);10,15-17,19H,4-9,11-12H2,1-3H3/t22-,23+,24-,25-;15-,16+,17-,19+,21+,22+,23-,24-/m01/s1. The molecule has 12 atom stereocenters. The number of primary amides is 1. The maximum atomic E-state index is 13.0. The number of ketones is 1. The number of aliphatic hydroxyl groups excluding tert-OH is 1. The zero-order chi connectivity index (χ0) is 50.9. The Bertz CT molecular complexity index is 2090. The molecule has 0 bridgehead atoms. The van der Waals surface area contributed by atoms with Crippen LogP contribution in [0.4, 0.5) is 0 Å². The van der Waals surface area contributed by atoms with Crippen LogP contribution >= 0.6 is 0 Å². The number of carbonyl (C=O) groups is 5. The van der Waals surface area contributed by atoms with Gasteiger partial charge in [0.25, 0.3) is 0 Å². The molecule has 2 aliphatic heterocycles. The normalized spacial score (nSPS) is 31.7. The first kappa shape index (κ1) is 54.3. The van der Waals surface area contributed by atoms with Gasteiger partial charge in [-0.3, -0.25) is 24.0 Å². The molecule has 1 aromatic carbocycles. The van der Waals surface area contributed by atoms with Gasteiger partial charge in [-0.2, -0.15) is 0 Å². The van der Waals surface area contributed by atoms with Gasteiger partial charge >= 0.3 is 11.9 Å². The number of benzene rings is 1. The van der Waals surface area contributed by atoms with E-state index in [0.717, 1.165) is 56.1 Å². The molecule has 3 saturated carbocycles. The van der Waals surface area contributed by atoms with Crippen molar-refractivity contribution in [2.24, 2.45) is 69.1 Å². The molecule has 386 valence electrons. The van der Waals surface area contributed by atoms with E-state index >= 15 is 0 Å². The van der Waals surface area contributed by atoms with Crippen LogP contribution in [-0.2, 0) is 49.3 Å². The third kappa shape index (κ3) is 10.6. The highest BCUT2D eigenvalue weighted by atomic mass is 16.6. The van der Waals surface area contributed by atoms with Crippen molar-refractivity contribution < 1.29 is 57.5 Å². The lowest BCUT2D eigenvalue weighted by molar-refractivity contribution is -0.172. The SMILES string of the molecule is COC(=O)[C@@H]1CC2=CC(=O)CC[C@]2(C)[C@@]23O[C@@H]2C[C@@]2(C)[C@@H](CC[C@@]24CCC(=O)O4)[C@H]13.COCCCOc1cc(C[C@@H](C[C@H](N)[C@@H](O)C[C@@H](C(=O)NCC(C)(C)C(N)=O)C(C)C)C(C)C)ccc1OC. The summed E-state index contributed by atoms with van der Waals surface area (Å²) in [6, 6.07) is 5.47. The van der Waals surface area contributed by atoms with Crippen molar-refractivity contribution in [3.8, 4) is 11.5 Å². The average Bonchev–Trinajstić information content (AvgIpc) is 3.79. The summed E-state index contributed by atoms with van der Waals surface area (Å²) in [7, 11) is 4.74. The predicted molar refractivity (Wildman–Crippen MR) is 260 cm³/mol. The maximum Gasteiger partial charge on any atom is 0.309 e. The Morgan fingerprint density at radius 3 is 2.30 bits per heavy atom. The van der Waals surface area contributed by atoms with Crippen LogP contribution in [0.1, 0.15) is 132 Å². The van der Waals surface area contributed by atoms with Crippen LogP contribution in [0.3, 0.4) is 0 Å². The number of nitrogens with one attached hydrogen (secondary N) is 1. The monoisotopic (exact) mass is 966 g/mol. The van der Waals surface area contributed by atoms with Gasteiger partial charge in [-0.1, -0.05) is 53.2 Å². The van der Waals surface area contributed by atoms with E-state index in [-0.39, 0.29) is 83.1 Å². The van der Waals surface area contributed by atoms with E-state index in [4.69, 9.17) is 39.9 Å². The Balaban J connectivity index is 0.000000232. The molecule has 15 heteroatoms. The van der Waals surface area contributed by atoms with Crippen LogP contribution in [0.5, 0.6) is 11.5 Å². The molecular weight excluding hydrogens is 883 g/mol. The number of hydrogen-bond acceptors (Lipinski definition) is 13. The van der Waals surface area contributed by atoms with Crippen LogP contribution in [0.2, 0.25) is 0 Å². The molecule has 2 spiro atoms. The molecule has 2 amide bonds. The van der Waals surface area contributed by atoms with Crippen molar-refractivity contribution in [3.05, 3.63) is 35.4 Å². The van der Waals surface area contributed by atoms with E-state index < -0.39 is 40.6 Å². The zero-order valence-corrected chi connectivity index (χ0v) is 43.3. The first-order valence-electron chi connectivity index (χ1n) is 25.4. The van der Waals surface area contributed by atoms with Crippen molar-refractivity contribution in [1.29, 1.82) is 0 Å². The Morgan fingerprint density at radius 1 is 0.971 bits per heavy atom. The smallest absolute Gasteiger partial charge is 0.309 e. The van der Waals surface area contributed by atoms with Gasteiger partial charge in [-0.25, -0.2) is 0 Å². The van der Waals surface area contributed by atoms with Gasteiger partial charge in [0.2, 0.25) is 11.8 Å². The molecule has 7 rings (SSSR count). The van der Waals surface area contributed by atoms with Crippen LogP contribution in [0.15, 0.2) is 29.8 Å². The number of ether oxygens (including phenoxy) is 6. The van der Waals surface area contributed by atoms with Crippen molar-refractivity contribution >= 4 is 29.5 Å². The molecule has 2 heterocycles. The van der Waals surface area contributed by atoms with Gasteiger partial charge in [-0.15, -0.1) is 0 Å². The molecule has 6 N–H and O–H groups in total. The quantitative estimate of drug-likeness (QED) is 0.0630. The first-order chi connectivity index (χ1) is 32.4. The molecule has 15 nitrogen and oxygen atoms in total. The second-order valence-corrected chi connectivity index (χ2v) is 22.9. The zero-order valence-electron chi connectivity index (χ0n) is 43.3. The molecular formula is C54H83N3O12. The number of esters is 2. The summed E-state index contributed by atoms with van der Waals surface area (Å²) >= 11 is 0. The highest BCUT2D eigenvalue weighted by Gasteiger charge is 2.83. The Kier molecular flexibility index (Phi) is 16.8. The second kappa shape index (κ2) is 21.3. The van der Waals surface area contributed by atoms with Crippen molar-refractivity contribution in [1.82, 2.24) is 5.32 Å². The van der Waals surface area contributed by atoms with Crippen molar-refractivity contribution in [2.45, 2.75) is 162 Å². The predicted octanol–water partition coefficient (Wildman–Crippen LogP) is 6.42. The highest BCUT2D eigenvalue weighted by Crippen LogP contribution is 2.78. The average molecular weight is 966 g/mol. The van der Waals surface area contributed by atoms with E-state index in [1.807, 2.05) is 32.0 Å². The van der Waals surface area contributed by atoms with Gasteiger partial charge in [0.05, 0.1) is 44.4 Å². The fourth-order valence-corrected chi connectivity index (χ4v) is 13.1. The third-order valence-electron chi connectivity index (χ3n) is 17.7. The van der Waals surface area contributed by atoms with Crippen molar-refractivity contribution in [3.63, 3.8) is 0 Å². The van der Waals surface area contributed by atoms with E-state index in [2.05, 4.69) is 33.0 Å². The van der Waals surface area contributed by atoms with Crippen LogP contribution in [0.25, 0.3) is 0 Å². The lowest BCUT2D eigenvalue weighted by Crippen LogP contribution is -2.63. The minimum Gasteiger partial charge on any atom is -0.493 e. The summed E-state index contributed by atoms with van der Waals surface area (Å²) in [4.78, 5) is 61.9. The first-order valence-corrected chi connectivity index (χ1v) is 25.4. The second-order valence-electron chi connectivity index (χ2n) is 22.9. The molecule has 0 aromatic heterocycles. The largest absolute Gasteiger partial charge is 0.493 e. The van der Waals surface area contributed by atoms with E-state index in [9.17, 15) is 29.1 Å². The molecule has 0 radical (unpaired) electrons. The lowest BCUT2D eigenvalue weighted by Gasteiger charge is -2.58. The van der Waals surface area contributed by atoms with Crippen molar-refractivity contribution in [2.75, 3.05) is 41.1 Å². The number of nitrogens with two attached hydrogens (primary N) is 2. The Hall–Kier alpha value is -4.05. The fourth-order valence-electron chi connectivity index (χ4n) is 13.1. The van der Waals surface area contributed by atoms with E-state index in [1.54, 1.807) is 34.1 Å². The van der Waals surface area contributed by atoms with Crippen LogP contribution in [-0.4, -0.2) is 105 Å². The number of epoxide rings is 1. The minimum atomic E-state index is -0.854. The highest BCUT2D eigenvalue weighted by molar-refractivity contribution is 5.92. The van der Waals surface area contributed by atoms with Gasteiger partial charge in [0.1, 0.15) is 11.2 Å². The van der Waals surface area contributed by atoms with Gasteiger partial charge in [0.15, 0.2) is 17.3 Å². The maximum absolute atomic E-state index is 13.0. The Morgan fingerprint density at radius 2 is 1.70 bits per heavy atom. The Labute approximate surface area is 410 Å². The van der Waals surface area contributed by atoms with Gasteiger partial charge in [-0.05, 0) is 119 Å². The number of carbonyl (C=O) groups excluding carboxylic acids is 5. The third-order valence-corrected chi connectivity index (χ3v) is 17.7. The molecule has 0 unspecified atom stereocenters. The summed E-state index contributed by atoms with van der Waals surface area (Å²) in [6.45, 7) is 17.4. The molecule has 69 heavy (non-hydrogen) atoms. The number of amides is 2. The number of methoxy groups -OCH3 is 3. The number of rotatable bonds is 20. The summed E-state index contributed by atoms with van der Waals surface area (Å²) in [5.74, 6) is 0.592. The summed E-state index contributed by atoms with van der Waals surface area (Å²) in [6.07, 6.45) is 9.17. The molecule has 6 aliphatic rings. The summed E-state index contributed by atoms with van der Waals surface area (Å²) < 4.78 is 34.4. The van der Waals surface area contributed by atoms with E-state index in [0.29, 0.717) is 56.3 Å². The lowest BCUT2D eigenvalue weighted by atomic mass is 9.43. The molecule has 1 aromatic rings. The van der Waals surface area contributed by atoms with E-state index in [1.165, 1.54) is 7.11 Å². The topological polar surface area (TPSA) is 228 Å². The minimum absolute atomic E-state index is 0.00829. The molecule has 5 fully saturated rings. The number of hydrogen-bond donors (Lipinski definition) is 4. The van der Waals surface area contributed by atoms with Gasteiger partial charge < -0.3 is 50.3 Å². The van der Waals surface area contributed by atoms with Gasteiger partial charge in [0, 0.05) is 68.2 Å². The molecule has 2 saturated heterocycles. The fraction of sp³-hybridized carbons (Fsp3) is 0.759. The summed E-state index contributed by atoms with van der Waals surface area (Å²) in [5.41, 5.74) is 12.0. The number of aliphatic hydroxyl groups is 1.